The van der Waals surface area contributed by atoms with E-state index in [4.69, 9.17) is 14.7 Å². The molecular weight excluding hydrogens is 370 g/mol. The van der Waals surface area contributed by atoms with Gasteiger partial charge < -0.3 is 14.6 Å². The number of carboxylic acids is 1. The van der Waals surface area contributed by atoms with Crippen LogP contribution in [0.3, 0.4) is 0 Å². The predicted octanol–water partition coefficient (Wildman–Crippen LogP) is 4.61. The molecule has 1 saturated heterocycles. The van der Waals surface area contributed by atoms with Gasteiger partial charge in [0, 0.05) is 12.2 Å². The third-order valence-corrected chi connectivity index (χ3v) is 4.74. The Bertz CT molecular complexity index is 1060. The second-order valence-corrected chi connectivity index (χ2v) is 6.77. The number of carboxylic acid groups (broad SMARTS) is 1. The summed E-state index contributed by atoms with van der Waals surface area (Å²) in [6.45, 7) is 0.681. The van der Waals surface area contributed by atoms with Gasteiger partial charge in [0.2, 0.25) is 0 Å². The summed E-state index contributed by atoms with van der Waals surface area (Å²) < 4.78 is 13.6. The molecule has 1 aromatic heterocycles. The molecule has 1 atom stereocenters. The van der Waals surface area contributed by atoms with E-state index in [1.807, 2.05) is 0 Å². The molecular formula is C22H19N3O4. The van der Waals surface area contributed by atoms with Crippen LogP contribution in [0.1, 0.15) is 41.4 Å². The molecule has 1 unspecified atom stereocenters. The van der Waals surface area contributed by atoms with Gasteiger partial charge in [0.25, 0.3) is 0 Å². The lowest BCUT2D eigenvalue weighted by Crippen LogP contribution is -2.18. The summed E-state index contributed by atoms with van der Waals surface area (Å²) in [6, 6.07) is 15.4. The van der Waals surface area contributed by atoms with Crippen LogP contribution < -0.4 is 4.74 Å². The van der Waals surface area contributed by atoms with Gasteiger partial charge in [0.15, 0.2) is 5.75 Å². The van der Waals surface area contributed by atoms with E-state index in [1.54, 1.807) is 53.3 Å². The molecule has 29 heavy (non-hydrogen) atoms. The number of aromatic nitrogens is 2. The van der Waals surface area contributed by atoms with Crippen molar-refractivity contribution in [2.75, 3.05) is 6.61 Å². The van der Waals surface area contributed by atoms with Crippen LogP contribution in [0.5, 0.6) is 11.5 Å². The lowest BCUT2D eigenvalue weighted by molar-refractivity contribution is -0.0394. The molecule has 2 aromatic carbocycles. The average molecular weight is 389 g/mol. The Kier molecular flexibility index (Phi) is 5.27. The first kappa shape index (κ1) is 18.7. The SMILES string of the molecule is N#Cc1ccc(Oc2cn(C3CCCCO3)nc2-c2cccc(C(=O)O)c2)cc1. The first-order valence-corrected chi connectivity index (χ1v) is 9.36. The van der Waals surface area contributed by atoms with Crippen LogP contribution in [0.4, 0.5) is 0 Å². The Morgan fingerprint density at radius 1 is 1.24 bits per heavy atom. The second-order valence-electron chi connectivity index (χ2n) is 6.77. The Hall–Kier alpha value is -3.63. The summed E-state index contributed by atoms with van der Waals surface area (Å²) in [5.41, 5.74) is 1.89. The quantitative estimate of drug-likeness (QED) is 0.684. The van der Waals surface area contributed by atoms with Gasteiger partial charge in [-0.05, 0) is 55.7 Å². The number of nitrogens with zero attached hydrogens (tertiary/aromatic N) is 3. The number of rotatable bonds is 5. The van der Waals surface area contributed by atoms with Crippen LogP contribution in [0.15, 0.2) is 54.7 Å². The highest BCUT2D eigenvalue weighted by Gasteiger charge is 2.21. The van der Waals surface area contributed by atoms with Crippen molar-refractivity contribution in [3.8, 4) is 28.8 Å². The molecule has 1 fully saturated rings. The van der Waals surface area contributed by atoms with E-state index in [-0.39, 0.29) is 11.8 Å². The van der Waals surface area contributed by atoms with Crippen molar-refractivity contribution in [2.45, 2.75) is 25.5 Å². The van der Waals surface area contributed by atoms with Crippen LogP contribution in [0.25, 0.3) is 11.3 Å². The van der Waals surface area contributed by atoms with Gasteiger partial charge in [-0.15, -0.1) is 0 Å². The highest BCUT2D eigenvalue weighted by Crippen LogP contribution is 2.35. The molecule has 4 rings (SSSR count). The molecule has 0 radical (unpaired) electrons. The van der Waals surface area contributed by atoms with E-state index in [0.29, 0.717) is 34.9 Å². The van der Waals surface area contributed by atoms with Crippen LogP contribution in [0.2, 0.25) is 0 Å². The molecule has 0 aliphatic carbocycles. The van der Waals surface area contributed by atoms with E-state index < -0.39 is 5.97 Å². The van der Waals surface area contributed by atoms with E-state index in [2.05, 4.69) is 11.2 Å². The highest BCUT2D eigenvalue weighted by atomic mass is 16.5. The first-order chi connectivity index (χ1) is 14.1. The minimum absolute atomic E-state index is 0.176. The van der Waals surface area contributed by atoms with Crippen LogP contribution >= 0.6 is 0 Å². The number of hydrogen-bond acceptors (Lipinski definition) is 5. The minimum atomic E-state index is -1.00. The molecule has 7 heteroatoms. The number of carbonyl (C=O) groups is 1. The molecule has 1 N–H and O–H groups in total. The zero-order chi connectivity index (χ0) is 20.2. The van der Waals surface area contributed by atoms with Crippen LogP contribution in [-0.4, -0.2) is 27.5 Å². The number of aromatic carboxylic acids is 1. The maximum absolute atomic E-state index is 11.4. The van der Waals surface area contributed by atoms with E-state index in [9.17, 15) is 9.90 Å². The predicted molar refractivity (Wildman–Crippen MR) is 105 cm³/mol. The van der Waals surface area contributed by atoms with E-state index >= 15 is 0 Å². The molecule has 1 aliphatic heterocycles. The summed E-state index contributed by atoms with van der Waals surface area (Å²) >= 11 is 0. The minimum Gasteiger partial charge on any atom is -0.478 e. The van der Waals surface area contributed by atoms with Gasteiger partial charge >= 0.3 is 5.97 Å². The van der Waals surface area contributed by atoms with Crippen LogP contribution in [-0.2, 0) is 4.74 Å². The number of benzene rings is 2. The molecule has 0 bridgehead atoms. The van der Waals surface area contributed by atoms with Crippen molar-refractivity contribution in [2.24, 2.45) is 0 Å². The van der Waals surface area contributed by atoms with Crippen molar-refractivity contribution in [3.05, 3.63) is 65.9 Å². The fourth-order valence-corrected chi connectivity index (χ4v) is 3.25. The summed E-state index contributed by atoms with van der Waals surface area (Å²) in [5, 5.41) is 22.9. The van der Waals surface area contributed by atoms with Gasteiger partial charge in [0.1, 0.15) is 17.7 Å². The van der Waals surface area contributed by atoms with Gasteiger partial charge in [0.05, 0.1) is 23.4 Å². The van der Waals surface area contributed by atoms with Crippen molar-refractivity contribution in [3.63, 3.8) is 0 Å². The molecule has 146 valence electrons. The molecule has 1 aliphatic rings. The third-order valence-electron chi connectivity index (χ3n) is 4.74. The average Bonchev–Trinajstić information content (AvgIpc) is 3.19. The largest absolute Gasteiger partial charge is 0.478 e. The molecule has 0 spiro atoms. The summed E-state index contributed by atoms with van der Waals surface area (Å²) in [5.74, 6) is 0.0478. The number of ether oxygens (including phenoxy) is 2. The Balaban J connectivity index is 1.73. The van der Waals surface area contributed by atoms with Gasteiger partial charge in [-0.25, -0.2) is 9.48 Å². The molecule has 0 saturated carbocycles. The van der Waals surface area contributed by atoms with Gasteiger partial charge in [-0.1, -0.05) is 12.1 Å². The zero-order valence-corrected chi connectivity index (χ0v) is 15.6. The lowest BCUT2D eigenvalue weighted by atomic mass is 10.1. The smallest absolute Gasteiger partial charge is 0.335 e. The lowest BCUT2D eigenvalue weighted by Gasteiger charge is -2.22. The number of hydrogen-bond donors (Lipinski definition) is 1. The monoisotopic (exact) mass is 389 g/mol. The van der Waals surface area contributed by atoms with Gasteiger partial charge in [-0.2, -0.15) is 10.4 Å². The standard InChI is InChI=1S/C22H19N3O4/c23-13-15-7-9-18(10-8-15)29-19-14-25(20-6-1-2-11-28-20)24-21(19)16-4-3-5-17(12-16)22(26)27/h3-5,7-10,12,14,20H,1-2,6,11H2,(H,26,27). The van der Waals surface area contributed by atoms with E-state index in [0.717, 1.165) is 19.3 Å². The van der Waals surface area contributed by atoms with Crippen molar-refractivity contribution >= 4 is 5.97 Å². The topological polar surface area (TPSA) is 97.4 Å². The first-order valence-electron chi connectivity index (χ1n) is 9.36. The Morgan fingerprint density at radius 3 is 2.76 bits per heavy atom. The summed E-state index contributed by atoms with van der Waals surface area (Å²) in [6.07, 6.45) is 4.53. The number of nitriles is 1. The third kappa shape index (κ3) is 4.13. The van der Waals surface area contributed by atoms with Crippen LogP contribution in [0, 0.1) is 11.3 Å². The summed E-state index contributed by atoms with van der Waals surface area (Å²) in [4.78, 5) is 11.4. The maximum atomic E-state index is 11.4. The maximum Gasteiger partial charge on any atom is 0.335 e. The molecule has 3 aromatic rings. The zero-order valence-electron chi connectivity index (χ0n) is 15.6. The second kappa shape index (κ2) is 8.17. The van der Waals surface area contributed by atoms with Crippen molar-refractivity contribution in [1.82, 2.24) is 9.78 Å². The normalized spacial score (nSPS) is 16.2. The fourth-order valence-electron chi connectivity index (χ4n) is 3.25. The Labute approximate surface area is 167 Å². The molecule has 2 heterocycles. The fraction of sp³-hybridized carbons (Fsp3) is 0.227. The Morgan fingerprint density at radius 2 is 2.07 bits per heavy atom. The van der Waals surface area contributed by atoms with Gasteiger partial charge in [-0.3, -0.25) is 0 Å². The van der Waals surface area contributed by atoms with E-state index in [1.165, 1.54) is 6.07 Å². The molecule has 7 nitrogen and oxygen atoms in total. The summed E-state index contributed by atoms with van der Waals surface area (Å²) in [7, 11) is 0. The van der Waals surface area contributed by atoms with Crippen molar-refractivity contribution in [1.29, 1.82) is 5.26 Å². The highest BCUT2D eigenvalue weighted by molar-refractivity contribution is 5.89. The molecule has 0 amide bonds. The van der Waals surface area contributed by atoms with Crippen molar-refractivity contribution < 1.29 is 19.4 Å².